The summed E-state index contributed by atoms with van der Waals surface area (Å²) in [6.07, 6.45) is 0. The summed E-state index contributed by atoms with van der Waals surface area (Å²) in [6.45, 7) is 0.748. The van der Waals surface area contributed by atoms with Gasteiger partial charge in [-0.2, -0.15) is 0 Å². The van der Waals surface area contributed by atoms with Crippen molar-refractivity contribution < 1.29 is 14.3 Å². The topological polar surface area (TPSA) is 79.8 Å². The summed E-state index contributed by atoms with van der Waals surface area (Å²) in [5, 5.41) is 6.16. The van der Waals surface area contributed by atoms with Gasteiger partial charge in [0.15, 0.2) is 5.17 Å². The van der Waals surface area contributed by atoms with Crippen molar-refractivity contribution in [1.82, 2.24) is 5.32 Å². The van der Waals surface area contributed by atoms with Gasteiger partial charge in [0.25, 0.3) is 0 Å². The molecule has 1 aliphatic rings. The molecular weight excluding hydrogens is 322 g/mol. The molecule has 0 unspecified atom stereocenters. The Labute approximate surface area is 137 Å². The molecule has 2 N–H and O–H groups in total. The first-order valence-electron chi connectivity index (χ1n) is 6.66. The number of carbonyl (C=O) groups excluding carboxylic acids is 2. The SMILES string of the molecule is COc1ccc(NC(=O)CSCC(=O)NC2=NCCS2)cc1. The van der Waals surface area contributed by atoms with Gasteiger partial charge in [-0.3, -0.25) is 14.6 Å². The maximum atomic E-state index is 11.8. The second kappa shape index (κ2) is 8.70. The van der Waals surface area contributed by atoms with E-state index < -0.39 is 0 Å². The monoisotopic (exact) mass is 339 g/mol. The molecule has 0 spiro atoms. The second-order valence-electron chi connectivity index (χ2n) is 4.35. The Morgan fingerprint density at radius 3 is 2.50 bits per heavy atom. The van der Waals surface area contributed by atoms with E-state index in [0.29, 0.717) is 10.9 Å². The van der Waals surface area contributed by atoms with Crippen molar-refractivity contribution in [1.29, 1.82) is 0 Å². The quantitative estimate of drug-likeness (QED) is 0.823. The molecule has 22 heavy (non-hydrogen) atoms. The fourth-order valence-electron chi connectivity index (χ4n) is 1.67. The van der Waals surface area contributed by atoms with E-state index in [9.17, 15) is 9.59 Å². The van der Waals surface area contributed by atoms with Gasteiger partial charge in [-0.15, -0.1) is 11.8 Å². The zero-order chi connectivity index (χ0) is 15.8. The van der Waals surface area contributed by atoms with E-state index in [4.69, 9.17) is 4.74 Å². The Bertz CT molecular complexity index is 561. The zero-order valence-corrected chi connectivity index (χ0v) is 13.8. The third-order valence-electron chi connectivity index (χ3n) is 2.67. The van der Waals surface area contributed by atoms with Crippen molar-refractivity contribution in [2.45, 2.75) is 0 Å². The molecule has 2 rings (SSSR count). The largest absolute Gasteiger partial charge is 0.497 e. The summed E-state index contributed by atoms with van der Waals surface area (Å²) < 4.78 is 5.05. The van der Waals surface area contributed by atoms with Crippen LogP contribution in [0.4, 0.5) is 5.69 Å². The van der Waals surface area contributed by atoms with Crippen LogP contribution in [0, 0.1) is 0 Å². The molecule has 8 heteroatoms. The molecule has 1 heterocycles. The number of ether oxygens (including phenoxy) is 1. The molecule has 118 valence electrons. The third kappa shape index (κ3) is 5.61. The van der Waals surface area contributed by atoms with Crippen LogP contribution in [-0.2, 0) is 9.59 Å². The molecule has 1 aromatic rings. The van der Waals surface area contributed by atoms with Gasteiger partial charge in [-0.25, -0.2) is 0 Å². The highest BCUT2D eigenvalue weighted by Crippen LogP contribution is 2.15. The molecule has 1 aliphatic heterocycles. The van der Waals surface area contributed by atoms with E-state index in [1.54, 1.807) is 31.4 Å². The van der Waals surface area contributed by atoms with Crippen LogP contribution >= 0.6 is 23.5 Å². The van der Waals surface area contributed by atoms with Crippen molar-refractivity contribution in [3.8, 4) is 5.75 Å². The number of carbonyl (C=O) groups is 2. The zero-order valence-electron chi connectivity index (χ0n) is 12.1. The van der Waals surface area contributed by atoms with Gasteiger partial charge >= 0.3 is 0 Å². The number of benzene rings is 1. The highest BCUT2D eigenvalue weighted by Gasteiger charge is 2.11. The van der Waals surface area contributed by atoms with E-state index in [1.165, 1.54) is 23.5 Å². The normalized spacial score (nSPS) is 13.4. The molecule has 0 fully saturated rings. The average molecular weight is 339 g/mol. The standard InChI is InChI=1S/C14H17N3O3S2/c1-20-11-4-2-10(3-5-11)16-12(18)8-21-9-13(19)17-14-15-6-7-22-14/h2-5H,6-9H2,1H3,(H,16,18)(H,15,17,19). The van der Waals surface area contributed by atoms with Crippen LogP contribution in [-0.4, -0.2) is 47.9 Å². The van der Waals surface area contributed by atoms with Crippen molar-refractivity contribution in [3.63, 3.8) is 0 Å². The van der Waals surface area contributed by atoms with Crippen LogP contribution in [0.15, 0.2) is 29.3 Å². The van der Waals surface area contributed by atoms with Crippen LogP contribution in [0.2, 0.25) is 0 Å². The molecule has 0 saturated carbocycles. The maximum Gasteiger partial charge on any atom is 0.235 e. The average Bonchev–Trinajstić information content (AvgIpc) is 3.01. The lowest BCUT2D eigenvalue weighted by atomic mass is 10.3. The minimum Gasteiger partial charge on any atom is -0.497 e. The van der Waals surface area contributed by atoms with E-state index in [2.05, 4.69) is 15.6 Å². The molecule has 2 amide bonds. The number of nitrogens with zero attached hydrogens (tertiary/aromatic N) is 1. The maximum absolute atomic E-state index is 11.8. The Kier molecular flexibility index (Phi) is 6.60. The van der Waals surface area contributed by atoms with Crippen molar-refractivity contribution >= 4 is 46.2 Å². The molecule has 0 bridgehead atoms. The van der Waals surface area contributed by atoms with Crippen molar-refractivity contribution in [2.75, 3.05) is 36.2 Å². The van der Waals surface area contributed by atoms with Gasteiger partial charge in [-0.05, 0) is 24.3 Å². The van der Waals surface area contributed by atoms with Crippen molar-refractivity contribution in [2.24, 2.45) is 4.99 Å². The number of aliphatic imine (C=N–C) groups is 1. The third-order valence-corrected chi connectivity index (χ3v) is 4.50. The molecular formula is C14H17N3O3S2. The lowest BCUT2D eigenvalue weighted by Gasteiger charge is -2.06. The van der Waals surface area contributed by atoms with Gasteiger partial charge in [0.05, 0.1) is 25.2 Å². The number of amides is 2. The van der Waals surface area contributed by atoms with Crippen LogP contribution in [0.25, 0.3) is 0 Å². The number of thioether (sulfide) groups is 2. The molecule has 0 aliphatic carbocycles. The first-order chi connectivity index (χ1) is 10.7. The molecule has 0 aromatic heterocycles. The molecule has 0 atom stereocenters. The summed E-state index contributed by atoms with van der Waals surface area (Å²) in [5.41, 5.74) is 0.701. The fourth-order valence-corrected chi connectivity index (χ4v) is 3.04. The minimum atomic E-state index is -0.143. The lowest BCUT2D eigenvalue weighted by molar-refractivity contribution is -0.117. The predicted molar refractivity (Wildman–Crippen MR) is 91.9 cm³/mol. The van der Waals surface area contributed by atoms with Gasteiger partial charge in [0.2, 0.25) is 11.8 Å². The minimum absolute atomic E-state index is 0.129. The van der Waals surface area contributed by atoms with Crippen molar-refractivity contribution in [3.05, 3.63) is 24.3 Å². The Hall–Kier alpha value is -1.67. The predicted octanol–water partition coefficient (Wildman–Crippen LogP) is 1.59. The van der Waals surface area contributed by atoms with E-state index in [-0.39, 0.29) is 23.3 Å². The van der Waals surface area contributed by atoms with E-state index in [0.717, 1.165) is 18.0 Å². The number of rotatable bonds is 6. The molecule has 0 saturated heterocycles. The fraction of sp³-hybridized carbons (Fsp3) is 0.357. The summed E-state index contributed by atoms with van der Waals surface area (Å²) in [5.74, 6) is 1.82. The number of hydrogen-bond donors (Lipinski definition) is 2. The summed E-state index contributed by atoms with van der Waals surface area (Å²) in [4.78, 5) is 27.5. The number of anilines is 1. The van der Waals surface area contributed by atoms with Crippen LogP contribution in [0.1, 0.15) is 0 Å². The number of amidine groups is 1. The van der Waals surface area contributed by atoms with E-state index >= 15 is 0 Å². The first-order valence-corrected chi connectivity index (χ1v) is 8.80. The van der Waals surface area contributed by atoms with Gasteiger partial charge in [-0.1, -0.05) is 11.8 Å². The number of methoxy groups -OCH3 is 1. The highest BCUT2D eigenvalue weighted by molar-refractivity contribution is 8.14. The van der Waals surface area contributed by atoms with Crippen LogP contribution < -0.4 is 15.4 Å². The van der Waals surface area contributed by atoms with Crippen LogP contribution in [0.5, 0.6) is 5.75 Å². The number of nitrogens with one attached hydrogen (secondary N) is 2. The smallest absolute Gasteiger partial charge is 0.235 e. The molecule has 6 nitrogen and oxygen atoms in total. The van der Waals surface area contributed by atoms with Gasteiger partial charge < -0.3 is 15.4 Å². The summed E-state index contributed by atoms with van der Waals surface area (Å²) in [6, 6.07) is 7.08. The molecule has 1 aromatic carbocycles. The summed E-state index contributed by atoms with van der Waals surface area (Å²) >= 11 is 2.80. The van der Waals surface area contributed by atoms with Crippen LogP contribution in [0.3, 0.4) is 0 Å². The van der Waals surface area contributed by atoms with Gasteiger partial charge in [0.1, 0.15) is 5.75 Å². The Morgan fingerprint density at radius 2 is 1.91 bits per heavy atom. The molecule has 0 radical (unpaired) electrons. The van der Waals surface area contributed by atoms with Gasteiger partial charge in [0, 0.05) is 11.4 Å². The Balaban J connectivity index is 1.65. The number of hydrogen-bond acceptors (Lipinski definition) is 6. The second-order valence-corrected chi connectivity index (χ2v) is 6.42. The van der Waals surface area contributed by atoms with E-state index in [1.807, 2.05) is 0 Å². The lowest BCUT2D eigenvalue weighted by Crippen LogP contribution is -2.29. The first kappa shape index (κ1) is 16.7. The summed E-state index contributed by atoms with van der Waals surface area (Å²) in [7, 11) is 1.59. The Morgan fingerprint density at radius 1 is 1.23 bits per heavy atom. The highest BCUT2D eigenvalue weighted by atomic mass is 32.2.